The predicted octanol–water partition coefficient (Wildman–Crippen LogP) is 0.380. The van der Waals surface area contributed by atoms with Crippen LogP contribution in [0.1, 0.15) is 5.56 Å². The first-order valence-electron chi connectivity index (χ1n) is 6.18. The minimum absolute atomic E-state index is 0.105. The zero-order chi connectivity index (χ0) is 13.7. The largest absolute Gasteiger partial charge is 0.464 e. The second-order valence-corrected chi connectivity index (χ2v) is 4.36. The van der Waals surface area contributed by atoms with Gasteiger partial charge in [0.2, 0.25) is 0 Å². The van der Waals surface area contributed by atoms with Crippen LogP contribution >= 0.6 is 0 Å². The summed E-state index contributed by atoms with van der Waals surface area (Å²) < 4.78 is 5.09. The number of carbonyl (C=O) groups excluding carboxylic acids is 2. The number of benzene rings is 1. The molecule has 0 radical (unpaired) electrons. The highest BCUT2D eigenvalue weighted by molar-refractivity contribution is 5.76. The molecular formula is C13H17N3O3. The Morgan fingerprint density at radius 2 is 2.32 bits per heavy atom. The maximum absolute atomic E-state index is 11.6. The van der Waals surface area contributed by atoms with Crippen molar-refractivity contribution in [3.05, 3.63) is 29.8 Å². The summed E-state index contributed by atoms with van der Waals surface area (Å²) in [4.78, 5) is 24.5. The number of anilines is 1. The Bertz CT molecular complexity index is 476. The Labute approximate surface area is 111 Å². The second-order valence-electron chi connectivity index (χ2n) is 4.36. The number of esters is 1. The summed E-state index contributed by atoms with van der Waals surface area (Å²) in [5.74, 6) is -0.315. The van der Waals surface area contributed by atoms with Gasteiger partial charge in [-0.25, -0.2) is 4.79 Å². The highest BCUT2D eigenvalue weighted by Gasteiger charge is 2.19. The standard InChI is InChI=1S/C13H17N3O3/c14-11-3-1-2-10(8-11)9-12(17)19-7-6-16-5-4-15-13(16)18/h1-3,8H,4-7,9,14H2,(H,15,18). The van der Waals surface area contributed by atoms with Crippen molar-refractivity contribution in [2.75, 3.05) is 32.0 Å². The van der Waals surface area contributed by atoms with E-state index in [4.69, 9.17) is 10.5 Å². The normalized spacial score (nSPS) is 14.3. The van der Waals surface area contributed by atoms with Gasteiger partial charge in [0.15, 0.2) is 0 Å². The van der Waals surface area contributed by atoms with Gasteiger partial charge in [0.05, 0.1) is 13.0 Å². The van der Waals surface area contributed by atoms with Crippen LogP contribution < -0.4 is 11.1 Å². The van der Waals surface area contributed by atoms with Gasteiger partial charge in [-0.05, 0) is 17.7 Å². The van der Waals surface area contributed by atoms with Crippen molar-refractivity contribution in [2.45, 2.75) is 6.42 Å². The lowest BCUT2D eigenvalue weighted by Crippen LogP contribution is -2.31. The molecule has 0 atom stereocenters. The molecule has 1 aliphatic heterocycles. The van der Waals surface area contributed by atoms with E-state index in [1.165, 1.54) is 0 Å². The SMILES string of the molecule is Nc1cccc(CC(=O)OCCN2CCNC2=O)c1. The van der Waals surface area contributed by atoms with Crippen LogP contribution in [-0.2, 0) is 16.0 Å². The fourth-order valence-electron chi connectivity index (χ4n) is 1.91. The van der Waals surface area contributed by atoms with Gasteiger partial charge in [-0.3, -0.25) is 4.79 Å². The lowest BCUT2D eigenvalue weighted by molar-refractivity contribution is -0.143. The van der Waals surface area contributed by atoms with Crippen LogP contribution in [0.15, 0.2) is 24.3 Å². The minimum Gasteiger partial charge on any atom is -0.464 e. The lowest BCUT2D eigenvalue weighted by Gasteiger charge is -2.13. The van der Waals surface area contributed by atoms with Crippen LogP contribution in [0.3, 0.4) is 0 Å². The Hall–Kier alpha value is -2.24. The summed E-state index contributed by atoms with van der Waals surface area (Å²) in [5, 5.41) is 2.69. The summed E-state index contributed by atoms with van der Waals surface area (Å²) >= 11 is 0. The van der Waals surface area contributed by atoms with Gasteiger partial charge in [0.1, 0.15) is 6.61 Å². The first-order chi connectivity index (χ1) is 9.15. The number of hydrogen-bond donors (Lipinski definition) is 2. The number of urea groups is 1. The molecule has 3 N–H and O–H groups in total. The number of carbonyl (C=O) groups is 2. The van der Waals surface area contributed by atoms with Crippen molar-refractivity contribution in [2.24, 2.45) is 0 Å². The van der Waals surface area contributed by atoms with Crippen molar-refractivity contribution >= 4 is 17.7 Å². The Morgan fingerprint density at radius 3 is 3.00 bits per heavy atom. The van der Waals surface area contributed by atoms with E-state index in [9.17, 15) is 9.59 Å². The summed E-state index contributed by atoms with van der Waals surface area (Å²) in [6.45, 7) is 1.95. The quantitative estimate of drug-likeness (QED) is 0.594. The van der Waals surface area contributed by atoms with Crippen LogP contribution in [0, 0.1) is 0 Å². The monoisotopic (exact) mass is 263 g/mol. The molecule has 0 spiro atoms. The van der Waals surface area contributed by atoms with E-state index in [0.717, 1.165) is 5.56 Å². The molecule has 2 amide bonds. The molecule has 0 saturated carbocycles. The lowest BCUT2D eigenvalue weighted by atomic mass is 10.1. The molecule has 1 saturated heterocycles. The third-order valence-corrected chi connectivity index (χ3v) is 2.87. The van der Waals surface area contributed by atoms with E-state index >= 15 is 0 Å². The molecule has 2 rings (SSSR count). The Balaban J connectivity index is 1.71. The van der Waals surface area contributed by atoms with E-state index < -0.39 is 0 Å². The summed E-state index contributed by atoms with van der Waals surface area (Å²) in [5.41, 5.74) is 7.08. The van der Waals surface area contributed by atoms with E-state index in [-0.39, 0.29) is 25.0 Å². The van der Waals surface area contributed by atoms with Gasteiger partial charge < -0.3 is 20.7 Å². The van der Waals surface area contributed by atoms with Crippen molar-refractivity contribution in [1.82, 2.24) is 10.2 Å². The molecule has 1 heterocycles. The van der Waals surface area contributed by atoms with E-state index in [2.05, 4.69) is 5.32 Å². The van der Waals surface area contributed by atoms with Crippen molar-refractivity contribution < 1.29 is 14.3 Å². The molecule has 0 unspecified atom stereocenters. The van der Waals surface area contributed by atoms with E-state index in [0.29, 0.717) is 25.3 Å². The van der Waals surface area contributed by atoms with Crippen LogP contribution in [-0.4, -0.2) is 43.1 Å². The number of nitrogens with zero attached hydrogens (tertiary/aromatic N) is 1. The van der Waals surface area contributed by atoms with Crippen molar-refractivity contribution in [3.8, 4) is 0 Å². The number of nitrogen functional groups attached to an aromatic ring is 1. The molecule has 102 valence electrons. The number of nitrogens with two attached hydrogens (primary N) is 1. The molecule has 6 nitrogen and oxygen atoms in total. The fourth-order valence-corrected chi connectivity index (χ4v) is 1.91. The molecule has 6 heteroatoms. The first-order valence-corrected chi connectivity index (χ1v) is 6.18. The smallest absolute Gasteiger partial charge is 0.317 e. The number of hydrogen-bond acceptors (Lipinski definition) is 4. The average molecular weight is 263 g/mol. The molecular weight excluding hydrogens is 246 g/mol. The molecule has 1 aromatic carbocycles. The zero-order valence-electron chi connectivity index (χ0n) is 10.6. The molecule has 19 heavy (non-hydrogen) atoms. The topological polar surface area (TPSA) is 84.7 Å². The summed E-state index contributed by atoms with van der Waals surface area (Å²) in [6.07, 6.45) is 0.192. The highest BCUT2D eigenvalue weighted by atomic mass is 16.5. The van der Waals surface area contributed by atoms with Gasteiger partial charge in [-0.2, -0.15) is 0 Å². The van der Waals surface area contributed by atoms with Gasteiger partial charge in [-0.1, -0.05) is 12.1 Å². The second kappa shape index (κ2) is 6.08. The number of rotatable bonds is 5. The zero-order valence-corrected chi connectivity index (χ0v) is 10.6. The van der Waals surface area contributed by atoms with Gasteiger partial charge in [-0.15, -0.1) is 0 Å². The van der Waals surface area contributed by atoms with Crippen molar-refractivity contribution in [1.29, 1.82) is 0 Å². The number of amides is 2. The molecule has 1 fully saturated rings. The maximum atomic E-state index is 11.6. The minimum atomic E-state index is -0.315. The maximum Gasteiger partial charge on any atom is 0.317 e. The number of nitrogens with one attached hydrogen (secondary N) is 1. The van der Waals surface area contributed by atoms with E-state index in [1.807, 2.05) is 6.07 Å². The highest BCUT2D eigenvalue weighted by Crippen LogP contribution is 2.07. The van der Waals surface area contributed by atoms with Crippen LogP contribution in [0.4, 0.5) is 10.5 Å². The van der Waals surface area contributed by atoms with Crippen LogP contribution in [0.25, 0.3) is 0 Å². The van der Waals surface area contributed by atoms with Gasteiger partial charge in [0.25, 0.3) is 0 Å². The molecule has 1 aromatic rings. The number of ether oxygens (including phenoxy) is 1. The Morgan fingerprint density at radius 1 is 1.47 bits per heavy atom. The van der Waals surface area contributed by atoms with Crippen LogP contribution in [0.5, 0.6) is 0 Å². The third-order valence-electron chi connectivity index (χ3n) is 2.87. The molecule has 0 aromatic heterocycles. The Kier molecular flexibility index (Phi) is 4.22. The first kappa shape index (κ1) is 13.2. The van der Waals surface area contributed by atoms with Gasteiger partial charge >= 0.3 is 12.0 Å². The van der Waals surface area contributed by atoms with Crippen molar-refractivity contribution in [3.63, 3.8) is 0 Å². The average Bonchev–Trinajstić information content (AvgIpc) is 2.75. The third kappa shape index (κ3) is 3.87. The summed E-state index contributed by atoms with van der Waals surface area (Å²) in [6, 6.07) is 7.03. The molecule has 1 aliphatic rings. The van der Waals surface area contributed by atoms with E-state index in [1.54, 1.807) is 23.1 Å². The summed E-state index contributed by atoms with van der Waals surface area (Å²) in [7, 11) is 0. The molecule has 0 bridgehead atoms. The fraction of sp³-hybridized carbons (Fsp3) is 0.385. The molecule has 0 aliphatic carbocycles. The van der Waals surface area contributed by atoms with Gasteiger partial charge in [0, 0.05) is 18.8 Å². The van der Waals surface area contributed by atoms with Crippen LogP contribution in [0.2, 0.25) is 0 Å². The predicted molar refractivity (Wildman–Crippen MR) is 70.5 cm³/mol.